The molecular weight excluding hydrogens is 328 g/mol. The molecular formula is C17H11BrN2O. The summed E-state index contributed by atoms with van der Waals surface area (Å²) in [5, 5.41) is 2.32. The predicted molar refractivity (Wildman–Crippen MR) is 89.1 cm³/mol. The van der Waals surface area contributed by atoms with Gasteiger partial charge in [-0.3, -0.25) is 0 Å². The van der Waals surface area contributed by atoms with Crippen LogP contribution >= 0.6 is 15.9 Å². The summed E-state index contributed by atoms with van der Waals surface area (Å²) < 4.78 is 6.88. The van der Waals surface area contributed by atoms with Gasteiger partial charge in [-0.1, -0.05) is 28.1 Å². The molecule has 21 heavy (non-hydrogen) atoms. The lowest BCUT2D eigenvalue weighted by molar-refractivity contribution is 0.620. The highest BCUT2D eigenvalue weighted by Crippen LogP contribution is 2.29. The average molecular weight is 339 g/mol. The summed E-state index contributed by atoms with van der Waals surface area (Å²) >= 11 is 3.48. The largest absolute Gasteiger partial charge is 0.436 e. The van der Waals surface area contributed by atoms with Crippen LogP contribution in [0, 0.1) is 0 Å². The summed E-state index contributed by atoms with van der Waals surface area (Å²) in [4.78, 5) is 4.52. The Kier molecular flexibility index (Phi) is 2.72. The van der Waals surface area contributed by atoms with Crippen molar-refractivity contribution in [1.82, 2.24) is 4.98 Å². The molecule has 0 radical (unpaired) electrons. The maximum absolute atomic E-state index is 5.81. The minimum atomic E-state index is 0.611. The van der Waals surface area contributed by atoms with E-state index >= 15 is 0 Å². The zero-order valence-electron chi connectivity index (χ0n) is 11.0. The smallest absolute Gasteiger partial charge is 0.227 e. The van der Waals surface area contributed by atoms with E-state index in [2.05, 4.69) is 45.2 Å². The van der Waals surface area contributed by atoms with Crippen molar-refractivity contribution in [3.63, 3.8) is 0 Å². The van der Waals surface area contributed by atoms with Crippen LogP contribution in [-0.2, 0) is 0 Å². The molecule has 0 aliphatic rings. The minimum Gasteiger partial charge on any atom is -0.436 e. The van der Waals surface area contributed by atoms with Gasteiger partial charge in [0.05, 0.1) is 0 Å². The lowest BCUT2D eigenvalue weighted by Crippen LogP contribution is -1.81. The molecule has 0 atom stereocenters. The average Bonchev–Trinajstić information content (AvgIpc) is 2.89. The predicted octanol–water partition coefficient (Wildman–Crippen LogP) is 4.99. The maximum atomic E-state index is 5.81. The van der Waals surface area contributed by atoms with Crippen molar-refractivity contribution in [3.05, 3.63) is 59.1 Å². The van der Waals surface area contributed by atoms with E-state index in [1.165, 1.54) is 5.39 Å². The first-order valence-electron chi connectivity index (χ1n) is 6.55. The SMILES string of the molecule is Nc1ccc2nc(-c3ccc4cc(Br)ccc4c3)oc2c1. The van der Waals surface area contributed by atoms with Gasteiger partial charge in [-0.2, -0.15) is 0 Å². The van der Waals surface area contributed by atoms with Gasteiger partial charge in [0.15, 0.2) is 5.58 Å². The van der Waals surface area contributed by atoms with Gasteiger partial charge in [-0.25, -0.2) is 4.98 Å². The molecule has 1 aromatic heterocycles. The summed E-state index contributed by atoms with van der Waals surface area (Å²) in [6.45, 7) is 0. The molecule has 0 spiro atoms. The molecule has 0 fully saturated rings. The molecule has 0 aliphatic heterocycles. The van der Waals surface area contributed by atoms with Crippen molar-refractivity contribution < 1.29 is 4.42 Å². The third-order valence-electron chi connectivity index (χ3n) is 3.46. The third kappa shape index (κ3) is 2.17. The normalized spacial score (nSPS) is 11.3. The summed E-state index contributed by atoms with van der Waals surface area (Å²) in [5.74, 6) is 0.611. The molecule has 0 saturated carbocycles. The quantitative estimate of drug-likeness (QED) is 0.497. The zero-order chi connectivity index (χ0) is 14.4. The number of hydrogen-bond acceptors (Lipinski definition) is 3. The lowest BCUT2D eigenvalue weighted by atomic mass is 10.1. The van der Waals surface area contributed by atoms with E-state index in [0.29, 0.717) is 17.2 Å². The van der Waals surface area contributed by atoms with Crippen LogP contribution in [0.25, 0.3) is 33.3 Å². The molecule has 4 rings (SSSR count). The first kappa shape index (κ1) is 12.4. The minimum absolute atomic E-state index is 0.611. The molecule has 0 aliphatic carbocycles. The molecule has 4 aromatic rings. The zero-order valence-corrected chi connectivity index (χ0v) is 12.6. The van der Waals surface area contributed by atoms with Crippen LogP contribution in [0.15, 0.2) is 63.5 Å². The summed E-state index contributed by atoms with van der Waals surface area (Å²) in [5.41, 5.74) is 8.92. The van der Waals surface area contributed by atoms with Crippen LogP contribution in [0.5, 0.6) is 0 Å². The fourth-order valence-electron chi connectivity index (χ4n) is 2.41. The van der Waals surface area contributed by atoms with Crippen LogP contribution in [0.4, 0.5) is 5.69 Å². The van der Waals surface area contributed by atoms with E-state index in [-0.39, 0.29) is 0 Å². The topological polar surface area (TPSA) is 52.0 Å². The fraction of sp³-hybridized carbons (Fsp3) is 0. The van der Waals surface area contributed by atoms with Crippen LogP contribution in [0.2, 0.25) is 0 Å². The van der Waals surface area contributed by atoms with Crippen LogP contribution < -0.4 is 5.73 Å². The Labute approximate surface area is 129 Å². The van der Waals surface area contributed by atoms with Gasteiger partial charge < -0.3 is 10.2 Å². The Balaban J connectivity index is 1.89. The first-order valence-corrected chi connectivity index (χ1v) is 7.34. The van der Waals surface area contributed by atoms with Crippen molar-refractivity contribution in [2.75, 3.05) is 5.73 Å². The van der Waals surface area contributed by atoms with E-state index < -0.39 is 0 Å². The fourth-order valence-corrected chi connectivity index (χ4v) is 2.79. The number of halogens is 1. The van der Waals surface area contributed by atoms with Gasteiger partial charge in [0.1, 0.15) is 5.52 Å². The second kappa shape index (κ2) is 4.60. The molecule has 3 nitrogen and oxygen atoms in total. The van der Waals surface area contributed by atoms with Crippen molar-refractivity contribution in [2.24, 2.45) is 0 Å². The Morgan fingerprint density at radius 2 is 1.71 bits per heavy atom. The number of oxazole rings is 1. The number of benzene rings is 3. The van der Waals surface area contributed by atoms with Crippen LogP contribution in [0.3, 0.4) is 0 Å². The molecule has 0 unspecified atom stereocenters. The second-order valence-electron chi connectivity index (χ2n) is 4.95. The molecule has 4 heteroatoms. The standard InChI is InChI=1S/C17H11BrN2O/c18-13-4-3-10-7-12(2-1-11(10)8-13)17-20-15-6-5-14(19)9-16(15)21-17/h1-9H,19H2. The van der Waals surface area contributed by atoms with Gasteiger partial charge in [0.25, 0.3) is 0 Å². The van der Waals surface area contributed by atoms with E-state index in [1.807, 2.05) is 24.3 Å². The summed E-state index contributed by atoms with van der Waals surface area (Å²) in [6.07, 6.45) is 0. The summed E-state index contributed by atoms with van der Waals surface area (Å²) in [7, 11) is 0. The van der Waals surface area contributed by atoms with Gasteiger partial charge in [-0.15, -0.1) is 0 Å². The van der Waals surface area contributed by atoms with Gasteiger partial charge in [-0.05, 0) is 47.2 Å². The highest BCUT2D eigenvalue weighted by molar-refractivity contribution is 9.10. The second-order valence-corrected chi connectivity index (χ2v) is 5.87. The van der Waals surface area contributed by atoms with Gasteiger partial charge in [0.2, 0.25) is 5.89 Å². The number of aromatic nitrogens is 1. The summed E-state index contributed by atoms with van der Waals surface area (Å²) in [6, 6.07) is 17.8. The lowest BCUT2D eigenvalue weighted by Gasteiger charge is -2.01. The van der Waals surface area contributed by atoms with Crippen LogP contribution in [-0.4, -0.2) is 4.98 Å². The van der Waals surface area contributed by atoms with E-state index in [4.69, 9.17) is 10.2 Å². The molecule has 2 N–H and O–H groups in total. The number of nitrogens with two attached hydrogens (primary N) is 1. The first-order chi connectivity index (χ1) is 10.2. The number of rotatable bonds is 1. The van der Waals surface area contributed by atoms with Gasteiger partial charge in [0, 0.05) is 21.8 Å². The van der Waals surface area contributed by atoms with Crippen molar-refractivity contribution >= 4 is 43.5 Å². The Hall–Kier alpha value is -2.33. The highest BCUT2D eigenvalue weighted by Gasteiger charge is 2.09. The van der Waals surface area contributed by atoms with Crippen molar-refractivity contribution in [2.45, 2.75) is 0 Å². The molecule has 3 aromatic carbocycles. The van der Waals surface area contributed by atoms with Crippen LogP contribution in [0.1, 0.15) is 0 Å². The number of hydrogen-bond donors (Lipinski definition) is 1. The highest BCUT2D eigenvalue weighted by atomic mass is 79.9. The molecule has 0 bridgehead atoms. The van der Waals surface area contributed by atoms with Crippen molar-refractivity contribution in [1.29, 1.82) is 0 Å². The molecule has 0 amide bonds. The Morgan fingerprint density at radius 1 is 0.905 bits per heavy atom. The van der Waals surface area contributed by atoms with E-state index in [9.17, 15) is 0 Å². The Bertz CT molecular complexity index is 975. The number of nitrogen functional groups attached to an aromatic ring is 1. The number of fused-ring (bicyclic) bond motifs is 2. The Morgan fingerprint density at radius 3 is 2.62 bits per heavy atom. The van der Waals surface area contributed by atoms with Gasteiger partial charge >= 0.3 is 0 Å². The third-order valence-corrected chi connectivity index (χ3v) is 3.95. The van der Waals surface area contributed by atoms with Crippen molar-refractivity contribution in [3.8, 4) is 11.5 Å². The maximum Gasteiger partial charge on any atom is 0.227 e. The molecule has 0 saturated heterocycles. The number of nitrogens with zero attached hydrogens (tertiary/aromatic N) is 1. The molecule has 1 heterocycles. The molecule has 102 valence electrons. The van der Waals surface area contributed by atoms with E-state index in [1.54, 1.807) is 6.07 Å². The monoisotopic (exact) mass is 338 g/mol. The number of anilines is 1. The van der Waals surface area contributed by atoms with E-state index in [0.717, 1.165) is 20.9 Å².